The Morgan fingerprint density at radius 3 is 2.70 bits per heavy atom. The molecule has 23 heavy (non-hydrogen) atoms. The molecule has 0 saturated carbocycles. The first-order valence-corrected chi connectivity index (χ1v) is 7.38. The molecule has 0 unspecified atom stereocenters. The van der Waals surface area contributed by atoms with E-state index in [2.05, 4.69) is 5.32 Å². The van der Waals surface area contributed by atoms with Gasteiger partial charge < -0.3 is 20.7 Å². The van der Waals surface area contributed by atoms with Crippen molar-refractivity contribution in [2.75, 3.05) is 20.2 Å². The molecular weight excluding hydrogens is 298 g/mol. The Morgan fingerprint density at radius 1 is 1.35 bits per heavy atom. The second-order valence-electron chi connectivity index (χ2n) is 5.64. The summed E-state index contributed by atoms with van der Waals surface area (Å²) in [7, 11) is 1.56. The first kappa shape index (κ1) is 16.8. The Hall–Kier alpha value is -2.57. The summed E-state index contributed by atoms with van der Waals surface area (Å²) in [4.78, 5) is 36.7. The number of likely N-dealkylation sites (tertiary alicyclic amines) is 1. The SMILES string of the molecule is COc1cccc(CC(=O)N[C@H]2CN(C(C)=O)C[C@H]2C(N)=O)c1. The molecule has 1 aliphatic heterocycles. The largest absolute Gasteiger partial charge is 0.497 e. The van der Waals surface area contributed by atoms with Crippen molar-refractivity contribution in [2.45, 2.75) is 19.4 Å². The maximum Gasteiger partial charge on any atom is 0.224 e. The van der Waals surface area contributed by atoms with Crippen LogP contribution < -0.4 is 15.8 Å². The van der Waals surface area contributed by atoms with Crippen LogP contribution in [0.3, 0.4) is 0 Å². The van der Waals surface area contributed by atoms with Gasteiger partial charge in [-0.1, -0.05) is 12.1 Å². The normalized spacial score (nSPS) is 20.2. The molecule has 124 valence electrons. The number of hydrogen-bond donors (Lipinski definition) is 2. The number of benzene rings is 1. The van der Waals surface area contributed by atoms with E-state index in [0.717, 1.165) is 5.56 Å². The van der Waals surface area contributed by atoms with Gasteiger partial charge in [-0.05, 0) is 17.7 Å². The molecule has 0 aliphatic carbocycles. The van der Waals surface area contributed by atoms with Crippen molar-refractivity contribution in [3.8, 4) is 5.75 Å². The number of methoxy groups -OCH3 is 1. The molecule has 1 heterocycles. The first-order valence-electron chi connectivity index (χ1n) is 7.38. The average Bonchev–Trinajstić information content (AvgIpc) is 2.91. The van der Waals surface area contributed by atoms with Gasteiger partial charge in [0.1, 0.15) is 5.75 Å². The third kappa shape index (κ3) is 4.21. The zero-order chi connectivity index (χ0) is 17.0. The molecule has 1 aromatic rings. The van der Waals surface area contributed by atoms with Crippen LogP contribution in [0.5, 0.6) is 5.75 Å². The van der Waals surface area contributed by atoms with Gasteiger partial charge >= 0.3 is 0 Å². The summed E-state index contributed by atoms with van der Waals surface area (Å²) in [5, 5.41) is 2.81. The van der Waals surface area contributed by atoms with Crippen LogP contribution in [0.4, 0.5) is 0 Å². The van der Waals surface area contributed by atoms with E-state index in [1.807, 2.05) is 6.07 Å². The van der Waals surface area contributed by atoms with E-state index in [0.29, 0.717) is 12.3 Å². The van der Waals surface area contributed by atoms with Gasteiger partial charge in [0.15, 0.2) is 0 Å². The van der Waals surface area contributed by atoms with Crippen molar-refractivity contribution in [3.63, 3.8) is 0 Å². The molecule has 0 aromatic heterocycles. The summed E-state index contributed by atoms with van der Waals surface area (Å²) >= 11 is 0. The zero-order valence-electron chi connectivity index (χ0n) is 13.2. The summed E-state index contributed by atoms with van der Waals surface area (Å²) in [6, 6.07) is 6.76. The number of nitrogens with two attached hydrogens (primary N) is 1. The molecular formula is C16H21N3O4. The van der Waals surface area contributed by atoms with E-state index < -0.39 is 17.9 Å². The minimum absolute atomic E-state index is 0.138. The van der Waals surface area contributed by atoms with E-state index in [1.165, 1.54) is 11.8 Å². The van der Waals surface area contributed by atoms with Crippen molar-refractivity contribution in [1.82, 2.24) is 10.2 Å². The Morgan fingerprint density at radius 2 is 2.09 bits per heavy atom. The molecule has 0 bridgehead atoms. The number of carbonyl (C=O) groups is 3. The van der Waals surface area contributed by atoms with E-state index >= 15 is 0 Å². The highest BCUT2D eigenvalue weighted by Crippen LogP contribution is 2.18. The minimum Gasteiger partial charge on any atom is -0.497 e. The second-order valence-corrected chi connectivity index (χ2v) is 5.64. The number of hydrogen-bond acceptors (Lipinski definition) is 4. The van der Waals surface area contributed by atoms with Crippen LogP contribution in [0.15, 0.2) is 24.3 Å². The number of ether oxygens (including phenoxy) is 1. The number of carbonyl (C=O) groups excluding carboxylic acids is 3. The number of rotatable bonds is 5. The number of nitrogens with one attached hydrogen (secondary N) is 1. The molecule has 2 rings (SSSR count). The lowest BCUT2D eigenvalue weighted by Crippen LogP contribution is -2.45. The van der Waals surface area contributed by atoms with E-state index in [1.54, 1.807) is 25.3 Å². The number of primary amides is 1. The maximum absolute atomic E-state index is 12.2. The number of nitrogens with zero attached hydrogens (tertiary/aromatic N) is 1. The highest BCUT2D eigenvalue weighted by atomic mass is 16.5. The van der Waals surface area contributed by atoms with E-state index in [4.69, 9.17) is 10.5 Å². The maximum atomic E-state index is 12.2. The van der Waals surface area contributed by atoms with E-state index in [9.17, 15) is 14.4 Å². The van der Waals surface area contributed by atoms with Gasteiger partial charge in [0.25, 0.3) is 0 Å². The smallest absolute Gasteiger partial charge is 0.224 e. The third-order valence-corrected chi connectivity index (χ3v) is 3.98. The molecule has 3 N–H and O–H groups in total. The van der Waals surface area contributed by atoms with Crippen LogP contribution in [0, 0.1) is 5.92 Å². The van der Waals surface area contributed by atoms with Gasteiger partial charge in [-0.3, -0.25) is 14.4 Å². The van der Waals surface area contributed by atoms with Gasteiger partial charge in [0.2, 0.25) is 17.7 Å². The van der Waals surface area contributed by atoms with Crippen LogP contribution in [-0.2, 0) is 20.8 Å². The van der Waals surface area contributed by atoms with E-state index in [-0.39, 0.29) is 24.8 Å². The fourth-order valence-electron chi connectivity index (χ4n) is 2.72. The van der Waals surface area contributed by atoms with Crippen LogP contribution in [0.25, 0.3) is 0 Å². The molecule has 1 saturated heterocycles. The first-order chi connectivity index (χ1) is 10.9. The summed E-state index contributed by atoms with van der Waals surface area (Å²) < 4.78 is 5.12. The topological polar surface area (TPSA) is 102 Å². The highest BCUT2D eigenvalue weighted by molar-refractivity contribution is 5.84. The molecule has 3 amide bonds. The Labute approximate surface area is 134 Å². The molecule has 0 spiro atoms. The molecule has 1 aromatic carbocycles. The van der Waals surface area contributed by atoms with Crippen molar-refractivity contribution in [2.24, 2.45) is 11.7 Å². The molecule has 7 nitrogen and oxygen atoms in total. The van der Waals surface area contributed by atoms with Gasteiger partial charge in [-0.15, -0.1) is 0 Å². The molecule has 1 fully saturated rings. The fraction of sp³-hybridized carbons (Fsp3) is 0.438. The van der Waals surface area contributed by atoms with Crippen molar-refractivity contribution >= 4 is 17.7 Å². The van der Waals surface area contributed by atoms with Crippen LogP contribution >= 0.6 is 0 Å². The zero-order valence-corrected chi connectivity index (χ0v) is 13.2. The summed E-state index contributed by atoms with van der Waals surface area (Å²) in [5.74, 6) is -0.761. The van der Waals surface area contributed by atoms with Crippen molar-refractivity contribution in [3.05, 3.63) is 29.8 Å². The second kappa shape index (κ2) is 7.13. The van der Waals surface area contributed by atoms with Gasteiger partial charge in [-0.2, -0.15) is 0 Å². The molecule has 2 atom stereocenters. The lowest BCUT2D eigenvalue weighted by molar-refractivity contribution is -0.128. The summed E-state index contributed by atoms with van der Waals surface area (Å²) in [5.41, 5.74) is 6.18. The van der Waals surface area contributed by atoms with Crippen LogP contribution in [0.2, 0.25) is 0 Å². The van der Waals surface area contributed by atoms with Gasteiger partial charge in [0.05, 0.1) is 25.5 Å². The average molecular weight is 319 g/mol. The predicted molar refractivity (Wildman–Crippen MR) is 83.6 cm³/mol. The molecule has 0 radical (unpaired) electrons. The summed E-state index contributed by atoms with van der Waals surface area (Å²) in [6.07, 6.45) is 0.166. The lowest BCUT2D eigenvalue weighted by Gasteiger charge is -2.17. The minimum atomic E-state index is -0.562. The predicted octanol–water partition coefficient (Wildman–Crippen LogP) is -0.314. The monoisotopic (exact) mass is 319 g/mol. The lowest BCUT2D eigenvalue weighted by atomic mass is 10.0. The number of amides is 3. The molecule has 1 aliphatic rings. The quantitative estimate of drug-likeness (QED) is 0.777. The highest BCUT2D eigenvalue weighted by Gasteiger charge is 2.38. The molecule has 7 heteroatoms. The standard InChI is InChI=1S/C16H21N3O4/c1-10(20)19-8-13(16(17)22)14(9-19)18-15(21)7-11-4-3-5-12(6-11)23-2/h3-6,13-14H,7-9H2,1-2H3,(H2,17,22)(H,18,21)/t13-,14+/m1/s1. The van der Waals surface area contributed by atoms with Crippen molar-refractivity contribution < 1.29 is 19.1 Å². The van der Waals surface area contributed by atoms with Crippen molar-refractivity contribution in [1.29, 1.82) is 0 Å². The van der Waals surface area contributed by atoms with Crippen LogP contribution in [0.1, 0.15) is 12.5 Å². The summed E-state index contributed by atoms with van der Waals surface area (Å²) in [6.45, 7) is 1.97. The fourth-order valence-corrected chi connectivity index (χ4v) is 2.72. The Kier molecular flexibility index (Phi) is 5.20. The van der Waals surface area contributed by atoms with Crippen LogP contribution in [-0.4, -0.2) is 48.9 Å². The Bertz CT molecular complexity index is 617. The Balaban J connectivity index is 2.00. The van der Waals surface area contributed by atoms with Gasteiger partial charge in [-0.25, -0.2) is 0 Å². The third-order valence-electron chi connectivity index (χ3n) is 3.98. The van der Waals surface area contributed by atoms with Gasteiger partial charge in [0, 0.05) is 20.0 Å².